The van der Waals surface area contributed by atoms with Gasteiger partial charge in [-0.2, -0.15) is 0 Å². The van der Waals surface area contributed by atoms with Crippen LogP contribution in [0.2, 0.25) is 0 Å². The Balaban J connectivity index is 1.35. The quantitative estimate of drug-likeness (QED) is 0.172. The Morgan fingerprint density at radius 3 is 2.20 bits per heavy atom. The lowest BCUT2D eigenvalue weighted by Gasteiger charge is -2.43. The molecule has 50 heavy (non-hydrogen) atoms. The van der Waals surface area contributed by atoms with Gasteiger partial charge in [0, 0.05) is 72.5 Å². The molecule has 0 unspecified atom stereocenters. The molecule has 0 bridgehead atoms. The van der Waals surface area contributed by atoms with E-state index in [1.54, 1.807) is 0 Å². The lowest BCUT2D eigenvalue weighted by Crippen LogP contribution is -2.49. The van der Waals surface area contributed by atoms with Crippen LogP contribution < -0.4 is 29.5 Å². The predicted molar refractivity (Wildman–Crippen MR) is 197 cm³/mol. The Kier molecular flexibility index (Phi) is 8.12. The first-order chi connectivity index (χ1) is 23.7. The average Bonchev–Trinajstić information content (AvgIpc) is 3.37. The van der Waals surface area contributed by atoms with E-state index >= 15 is 0 Å². The Hall–Kier alpha value is -4.98. The molecule has 3 aromatic carbocycles. The number of carbonyl (C=O) groups is 3. The Morgan fingerprint density at radius 2 is 1.54 bits per heavy atom. The largest absolute Gasteiger partial charge is 0.486 e. The molecule has 7 rings (SSSR count). The van der Waals surface area contributed by atoms with Crippen LogP contribution in [0.1, 0.15) is 90.5 Å². The molecule has 4 aliphatic heterocycles. The molecule has 4 heterocycles. The van der Waals surface area contributed by atoms with E-state index in [4.69, 9.17) is 9.47 Å². The molecule has 4 aliphatic rings. The Labute approximate surface area is 294 Å². The fourth-order valence-electron chi connectivity index (χ4n) is 8.40. The first-order valence-electron chi connectivity index (χ1n) is 17.7. The molecule has 0 N–H and O–H groups in total. The fourth-order valence-corrected chi connectivity index (χ4v) is 8.40. The Bertz CT molecular complexity index is 2160. The first kappa shape index (κ1) is 33.5. The average molecular weight is 673 g/mol. The number of likely N-dealkylation sites (tertiary alicyclic amines) is 1. The zero-order chi connectivity index (χ0) is 35.7. The summed E-state index contributed by atoms with van der Waals surface area (Å²) in [5.41, 5.74) is 8.84. The van der Waals surface area contributed by atoms with Gasteiger partial charge in [0.15, 0.2) is 11.3 Å². The van der Waals surface area contributed by atoms with Gasteiger partial charge in [-0.3, -0.25) is 19.3 Å². The third kappa shape index (κ3) is 5.55. The molecule has 0 atom stereocenters. The van der Waals surface area contributed by atoms with Crippen LogP contribution in [-0.2, 0) is 14.4 Å². The number of ether oxygens (including phenoxy) is 2. The molecule has 0 saturated carbocycles. The van der Waals surface area contributed by atoms with Crippen LogP contribution in [0.15, 0.2) is 60.7 Å². The molecular formula is C42H46N3O5+. The number of ketones is 1. The minimum Gasteiger partial charge on any atom is -0.486 e. The maximum atomic E-state index is 12.6. The second kappa shape index (κ2) is 12.1. The molecule has 8 heteroatoms. The minimum absolute atomic E-state index is 0.133. The molecule has 0 aromatic heterocycles. The number of allylic oxidation sites excluding steroid dienone is 2. The summed E-state index contributed by atoms with van der Waals surface area (Å²) in [4.78, 5) is 40.0. The first-order valence-corrected chi connectivity index (χ1v) is 17.7. The number of Topliss-reactive ketones (excluding diaryl/α,β-unsaturated/α-hetero) is 1. The van der Waals surface area contributed by atoms with Gasteiger partial charge >= 0.3 is 0 Å². The third-order valence-corrected chi connectivity index (χ3v) is 10.6. The van der Waals surface area contributed by atoms with E-state index in [0.717, 1.165) is 62.5 Å². The number of fused-ring (bicyclic) bond motifs is 4. The summed E-state index contributed by atoms with van der Waals surface area (Å²) >= 11 is 0. The van der Waals surface area contributed by atoms with Gasteiger partial charge < -0.3 is 14.4 Å². The van der Waals surface area contributed by atoms with Crippen LogP contribution in [-0.4, -0.2) is 59.8 Å². The van der Waals surface area contributed by atoms with Crippen molar-refractivity contribution in [1.82, 2.24) is 9.48 Å². The van der Waals surface area contributed by atoms with Crippen molar-refractivity contribution in [1.29, 1.82) is 0 Å². The maximum Gasteiger partial charge on any atom is 0.230 e. The molecule has 0 aliphatic carbocycles. The molecule has 1 saturated heterocycles. The summed E-state index contributed by atoms with van der Waals surface area (Å²) in [7, 11) is 0. The zero-order valence-electron chi connectivity index (χ0n) is 30.4. The molecular weight excluding hydrogens is 626 g/mol. The highest BCUT2D eigenvalue weighted by molar-refractivity contribution is 6.05. The molecule has 258 valence electrons. The normalized spacial score (nSPS) is 18.5. The van der Waals surface area contributed by atoms with Crippen molar-refractivity contribution in [2.24, 2.45) is 0 Å². The van der Waals surface area contributed by atoms with E-state index in [-0.39, 0.29) is 54.7 Å². The number of hydrogen-bond acceptors (Lipinski definition) is 6. The van der Waals surface area contributed by atoms with Crippen molar-refractivity contribution >= 4 is 40.0 Å². The maximum absolute atomic E-state index is 12.6. The van der Waals surface area contributed by atoms with Gasteiger partial charge in [0.05, 0.1) is 18.2 Å². The smallest absolute Gasteiger partial charge is 0.230 e. The van der Waals surface area contributed by atoms with E-state index in [9.17, 15) is 14.4 Å². The molecule has 0 radical (unpaired) electrons. The predicted octanol–water partition coefficient (Wildman–Crippen LogP) is 5.86. The summed E-state index contributed by atoms with van der Waals surface area (Å²) in [5.74, 6) is 1.23. The van der Waals surface area contributed by atoms with Gasteiger partial charge in [0.2, 0.25) is 17.2 Å². The van der Waals surface area contributed by atoms with E-state index in [1.165, 1.54) is 22.3 Å². The van der Waals surface area contributed by atoms with Gasteiger partial charge in [0.1, 0.15) is 30.4 Å². The van der Waals surface area contributed by atoms with Crippen molar-refractivity contribution in [3.8, 4) is 17.2 Å². The topological polar surface area (TPSA) is 79.2 Å². The number of hydrogen-bond donors (Lipinski definition) is 0. The van der Waals surface area contributed by atoms with Crippen molar-refractivity contribution in [2.45, 2.75) is 79.3 Å². The summed E-state index contributed by atoms with van der Waals surface area (Å²) < 4.78 is 15.2. The van der Waals surface area contributed by atoms with Crippen LogP contribution in [0.3, 0.4) is 0 Å². The highest BCUT2D eigenvalue weighted by atomic mass is 16.5. The summed E-state index contributed by atoms with van der Waals surface area (Å²) in [6.45, 7) is 19.0. The van der Waals surface area contributed by atoms with Gasteiger partial charge in [-0.1, -0.05) is 18.2 Å². The zero-order valence-corrected chi connectivity index (χ0v) is 30.4. The summed E-state index contributed by atoms with van der Waals surface area (Å²) in [6, 6.07) is 16.8. The summed E-state index contributed by atoms with van der Waals surface area (Å²) in [5, 5.41) is 2.19. The van der Waals surface area contributed by atoms with Crippen molar-refractivity contribution in [2.75, 3.05) is 31.1 Å². The number of anilines is 1. The third-order valence-electron chi connectivity index (χ3n) is 10.6. The van der Waals surface area contributed by atoms with Crippen LogP contribution in [0.4, 0.5) is 5.69 Å². The monoisotopic (exact) mass is 672 g/mol. The van der Waals surface area contributed by atoms with E-state index in [0.29, 0.717) is 5.75 Å². The van der Waals surface area contributed by atoms with Gasteiger partial charge in [-0.25, -0.2) is 4.58 Å². The lowest BCUT2D eigenvalue weighted by atomic mass is 9.84. The standard InChI is InChI=1S/C42H46N3O5/c1-9-44-34-19-36-32(17-30(34)25(3)21-41(44,5)6)40(33-18-31-26(4)22-42(7,8)45(10-2)35(31)20-37(33)50-36)27-11-13-29(14-12-27)49-24-28(46)23-43-38(47)15-16-39(43)48/h11-14,17-22H,9-10,15-16,23-24H2,1-8H3/q+1. The molecule has 3 aromatic rings. The minimum atomic E-state index is -0.325. The van der Waals surface area contributed by atoms with E-state index in [2.05, 4.69) is 101 Å². The van der Waals surface area contributed by atoms with Crippen LogP contribution >= 0.6 is 0 Å². The summed E-state index contributed by atoms with van der Waals surface area (Å²) in [6.07, 6.45) is 5.01. The molecule has 8 nitrogen and oxygen atoms in total. The van der Waals surface area contributed by atoms with Crippen molar-refractivity contribution < 1.29 is 23.9 Å². The second-order valence-corrected chi connectivity index (χ2v) is 14.9. The number of carbonyl (C=O) groups excluding carboxylic acids is 3. The lowest BCUT2D eigenvalue weighted by molar-refractivity contribution is -0.142. The van der Waals surface area contributed by atoms with Crippen LogP contribution in [0.25, 0.3) is 16.7 Å². The van der Waals surface area contributed by atoms with E-state index in [1.807, 2.05) is 24.3 Å². The number of rotatable bonds is 8. The van der Waals surface area contributed by atoms with E-state index < -0.39 is 0 Å². The molecule has 2 amide bonds. The van der Waals surface area contributed by atoms with Gasteiger partial charge in [-0.15, -0.1) is 0 Å². The molecule has 0 spiro atoms. The number of likely N-dealkylation sites (N-methyl/N-ethyl adjacent to an activating group) is 2. The Morgan fingerprint density at radius 1 is 0.860 bits per heavy atom. The van der Waals surface area contributed by atoms with Crippen LogP contribution in [0.5, 0.6) is 17.2 Å². The highest BCUT2D eigenvalue weighted by Gasteiger charge is 2.36. The van der Waals surface area contributed by atoms with Crippen molar-refractivity contribution in [3.05, 3.63) is 93.5 Å². The van der Waals surface area contributed by atoms with Gasteiger partial charge in [-0.05, 0) is 88.6 Å². The SMILES string of the molecule is CCN1c2cc3c(cc2C(C)=CC1(C)C)C(c1ccc(OCC(=O)CN2C(=O)CCC2=O)cc1)=c1cc2c(cc1O3)=[N+](CC)C(C)(C)C=C2C. The second-order valence-electron chi connectivity index (χ2n) is 14.9. The van der Waals surface area contributed by atoms with Crippen molar-refractivity contribution in [3.63, 3.8) is 0 Å². The number of imide groups is 1. The molecule has 1 fully saturated rings. The fraction of sp³-hybridized carbons (Fsp3) is 0.381. The van der Waals surface area contributed by atoms with Gasteiger partial charge in [0.25, 0.3) is 0 Å². The van der Waals surface area contributed by atoms with Crippen LogP contribution in [0, 0.1) is 0 Å². The number of amides is 2. The highest BCUT2D eigenvalue weighted by Crippen LogP contribution is 2.46. The number of nitrogens with zero attached hydrogens (tertiary/aromatic N) is 3. The number of benzene rings is 3.